The number of aromatic nitrogens is 2. The van der Waals surface area contributed by atoms with Crippen LogP contribution in [0.5, 0.6) is 0 Å². The minimum Gasteiger partial charge on any atom is -0.342 e. The normalized spacial score (nSPS) is 10.5. The Morgan fingerprint density at radius 1 is 1.24 bits per heavy atom. The molecular weight excluding hydrogens is 212 g/mol. The van der Waals surface area contributed by atoms with Crippen LogP contribution in [0.4, 0.5) is 0 Å². The first-order valence-corrected chi connectivity index (χ1v) is 5.67. The molecule has 0 unspecified atom stereocenters. The monoisotopic (exact) mass is 228 g/mol. The molecule has 1 aromatic heterocycles. The van der Waals surface area contributed by atoms with Crippen molar-refractivity contribution in [1.82, 2.24) is 9.97 Å². The van der Waals surface area contributed by atoms with Gasteiger partial charge in [-0.3, -0.25) is 4.79 Å². The molecule has 0 radical (unpaired) electrons. The molecule has 0 atom stereocenters. The fourth-order valence-corrected chi connectivity index (χ4v) is 2.15. The van der Waals surface area contributed by atoms with Crippen LogP contribution in [0.15, 0.2) is 24.5 Å². The molecule has 0 saturated heterocycles. The maximum Gasteiger partial charge on any atom is 0.202 e. The number of aromatic amines is 1. The fourth-order valence-electron chi connectivity index (χ4n) is 2.15. The summed E-state index contributed by atoms with van der Waals surface area (Å²) >= 11 is 0. The number of hydrogen-bond donors (Lipinski definition) is 1. The molecule has 0 aliphatic heterocycles. The van der Waals surface area contributed by atoms with E-state index in [1.807, 2.05) is 13.8 Å². The largest absolute Gasteiger partial charge is 0.342 e. The predicted molar refractivity (Wildman–Crippen MR) is 67.3 cm³/mol. The highest BCUT2D eigenvalue weighted by Gasteiger charge is 2.12. The van der Waals surface area contributed by atoms with Crippen molar-refractivity contribution in [2.45, 2.75) is 27.2 Å². The quantitative estimate of drug-likeness (QED) is 0.821. The van der Waals surface area contributed by atoms with Gasteiger partial charge in [-0.25, -0.2) is 4.98 Å². The number of carbonyl (C=O) groups excluding carboxylic acids is 1. The van der Waals surface area contributed by atoms with Gasteiger partial charge in [-0.1, -0.05) is 17.7 Å². The summed E-state index contributed by atoms with van der Waals surface area (Å²) in [6, 6.07) is 4.22. The van der Waals surface area contributed by atoms with Gasteiger partial charge in [0.25, 0.3) is 0 Å². The first-order valence-electron chi connectivity index (χ1n) is 5.67. The van der Waals surface area contributed by atoms with E-state index in [1.54, 1.807) is 12.4 Å². The molecule has 0 aliphatic rings. The third kappa shape index (κ3) is 2.44. The Morgan fingerprint density at radius 2 is 1.88 bits per heavy atom. The van der Waals surface area contributed by atoms with Crippen LogP contribution in [0.1, 0.15) is 32.9 Å². The van der Waals surface area contributed by atoms with Gasteiger partial charge < -0.3 is 4.98 Å². The van der Waals surface area contributed by atoms with Crippen LogP contribution in [0.2, 0.25) is 0 Å². The van der Waals surface area contributed by atoms with Gasteiger partial charge in [0.2, 0.25) is 5.78 Å². The molecule has 1 aromatic carbocycles. The number of ketones is 1. The lowest BCUT2D eigenvalue weighted by Gasteiger charge is -2.09. The fraction of sp³-hybridized carbons (Fsp3) is 0.286. The third-order valence-corrected chi connectivity index (χ3v) is 2.94. The van der Waals surface area contributed by atoms with E-state index in [2.05, 4.69) is 29.0 Å². The van der Waals surface area contributed by atoms with E-state index >= 15 is 0 Å². The Hall–Kier alpha value is -1.90. The third-order valence-electron chi connectivity index (χ3n) is 2.94. The van der Waals surface area contributed by atoms with Gasteiger partial charge in [-0.15, -0.1) is 0 Å². The molecule has 0 spiro atoms. The van der Waals surface area contributed by atoms with Gasteiger partial charge in [-0.2, -0.15) is 0 Å². The van der Waals surface area contributed by atoms with Crippen molar-refractivity contribution in [3.05, 3.63) is 52.6 Å². The summed E-state index contributed by atoms with van der Waals surface area (Å²) in [6.07, 6.45) is 3.68. The SMILES string of the molecule is Cc1cc(C)c(CC(=O)c2ncc[nH]2)c(C)c1. The maximum atomic E-state index is 12.0. The average molecular weight is 228 g/mol. The number of H-pyrrole nitrogens is 1. The van der Waals surface area contributed by atoms with Crippen molar-refractivity contribution in [2.75, 3.05) is 0 Å². The molecule has 0 bridgehead atoms. The van der Waals surface area contributed by atoms with E-state index in [0.717, 1.165) is 5.56 Å². The Kier molecular flexibility index (Phi) is 3.09. The molecule has 1 N–H and O–H groups in total. The first-order chi connectivity index (χ1) is 8.08. The summed E-state index contributed by atoms with van der Waals surface area (Å²) in [4.78, 5) is 18.8. The number of imidazole rings is 1. The highest BCUT2D eigenvalue weighted by atomic mass is 16.1. The van der Waals surface area contributed by atoms with E-state index in [9.17, 15) is 4.79 Å². The smallest absolute Gasteiger partial charge is 0.202 e. The van der Waals surface area contributed by atoms with Crippen LogP contribution in [0.25, 0.3) is 0 Å². The van der Waals surface area contributed by atoms with E-state index < -0.39 is 0 Å². The molecule has 2 rings (SSSR count). The molecule has 2 aromatic rings. The molecule has 17 heavy (non-hydrogen) atoms. The van der Waals surface area contributed by atoms with Crippen LogP contribution >= 0.6 is 0 Å². The van der Waals surface area contributed by atoms with Gasteiger partial charge in [0.15, 0.2) is 5.82 Å². The summed E-state index contributed by atoms with van der Waals surface area (Å²) in [7, 11) is 0. The van der Waals surface area contributed by atoms with E-state index in [1.165, 1.54) is 16.7 Å². The van der Waals surface area contributed by atoms with Crippen molar-refractivity contribution >= 4 is 5.78 Å². The van der Waals surface area contributed by atoms with Crippen molar-refractivity contribution in [3.8, 4) is 0 Å². The van der Waals surface area contributed by atoms with Crippen LogP contribution in [-0.2, 0) is 6.42 Å². The molecule has 88 valence electrons. The van der Waals surface area contributed by atoms with Gasteiger partial charge in [0.1, 0.15) is 0 Å². The predicted octanol–water partition coefficient (Wildman–Crippen LogP) is 2.76. The maximum absolute atomic E-state index is 12.0. The summed E-state index contributed by atoms with van der Waals surface area (Å²) < 4.78 is 0. The van der Waals surface area contributed by atoms with E-state index in [-0.39, 0.29) is 5.78 Å². The summed E-state index contributed by atoms with van der Waals surface area (Å²) in [6.45, 7) is 6.16. The number of nitrogens with one attached hydrogen (secondary N) is 1. The van der Waals surface area contributed by atoms with Crippen molar-refractivity contribution in [1.29, 1.82) is 0 Å². The minimum atomic E-state index is 0.0325. The van der Waals surface area contributed by atoms with Gasteiger partial charge >= 0.3 is 0 Å². The zero-order chi connectivity index (χ0) is 12.4. The summed E-state index contributed by atoms with van der Waals surface area (Å²) in [5.41, 5.74) is 4.68. The topological polar surface area (TPSA) is 45.8 Å². The number of nitrogens with zero attached hydrogens (tertiary/aromatic N) is 1. The Bertz CT molecular complexity index is 518. The molecule has 0 aliphatic carbocycles. The van der Waals surface area contributed by atoms with Crippen LogP contribution in [-0.4, -0.2) is 15.8 Å². The molecule has 0 saturated carbocycles. The van der Waals surface area contributed by atoms with E-state index in [4.69, 9.17) is 0 Å². The molecule has 0 amide bonds. The standard InChI is InChI=1S/C14H16N2O/c1-9-6-10(2)12(11(3)7-9)8-13(17)14-15-4-5-16-14/h4-7H,8H2,1-3H3,(H,15,16). The Morgan fingerprint density at radius 3 is 2.41 bits per heavy atom. The number of hydrogen-bond acceptors (Lipinski definition) is 2. The highest BCUT2D eigenvalue weighted by molar-refractivity contribution is 5.94. The molecule has 1 heterocycles. The molecule has 0 fully saturated rings. The zero-order valence-electron chi connectivity index (χ0n) is 10.4. The Balaban J connectivity index is 2.28. The summed E-state index contributed by atoms with van der Waals surface area (Å²) in [5, 5.41) is 0. The second kappa shape index (κ2) is 4.53. The number of aryl methyl sites for hydroxylation is 3. The lowest BCUT2D eigenvalue weighted by Crippen LogP contribution is -2.08. The second-order valence-corrected chi connectivity index (χ2v) is 4.42. The lowest BCUT2D eigenvalue weighted by atomic mass is 9.96. The number of rotatable bonds is 3. The second-order valence-electron chi connectivity index (χ2n) is 4.42. The molecular formula is C14H16N2O. The number of carbonyl (C=O) groups is 1. The molecule has 3 nitrogen and oxygen atoms in total. The van der Waals surface area contributed by atoms with Crippen molar-refractivity contribution in [3.63, 3.8) is 0 Å². The lowest BCUT2D eigenvalue weighted by molar-refractivity contribution is 0.0983. The van der Waals surface area contributed by atoms with Crippen LogP contribution < -0.4 is 0 Å². The van der Waals surface area contributed by atoms with Crippen molar-refractivity contribution in [2.24, 2.45) is 0 Å². The first kappa shape index (κ1) is 11.6. The van der Waals surface area contributed by atoms with Gasteiger partial charge in [0.05, 0.1) is 0 Å². The van der Waals surface area contributed by atoms with Crippen molar-refractivity contribution < 1.29 is 4.79 Å². The van der Waals surface area contributed by atoms with Crippen LogP contribution in [0, 0.1) is 20.8 Å². The molecule has 3 heteroatoms. The average Bonchev–Trinajstić information content (AvgIpc) is 2.76. The number of Topliss-reactive ketones (excluding diaryl/α,β-unsaturated/α-hetero) is 1. The zero-order valence-corrected chi connectivity index (χ0v) is 10.4. The van der Waals surface area contributed by atoms with E-state index in [0.29, 0.717) is 12.2 Å². The van der Waals surface area contributed by atoms with Gasteiger partial charge in [0, 0.05) is 18.8 Å². The highest BCUT2D eigenvalue weighted by Crippen LogP contribution is 2.18. The minimum absolute atomic E-state index is 0.0325. The Labute approximate surface area is 101 Å². The van der Waals surface area contributed by atoms with Gasteiger partial charge in [-0.05, 0) is 37.5 Å². The summed E-state index contributed by atoms with van der Waals surface area (Å²) in [5.74, 6) is 0.467. The van der Waals surface area contributed by atoms with Crippen LogP contribution in [0.3, 0.4) is 0 Å². The number of benzene rings is 1.